The van der Waals surface area contributed by atoms with Gasteiger partial charge in [0.05, 0.1) is 0 Å². The van der Waals surface area contributed by atoms with Crippen LogP contribution >= 0.6 is 11.3 Å². The second kappa shape index (κ2) is 2.81. The number of hydrogen-bond donors (Lipinski definition) is 1. The van der Waals surface area contributed by atoms with Gasteiger partial charge in [-0.3, -0.25) is 0 Å². The zero-order valence-electron chi connectivity index (χ0n) is 5.24. The monoisotopic (exact) mass is 157 g/mol. The van der Waals surface area contributed by atoms with E-state index in [1.165, 1.54) is 11.3 Å². The number of carboxylic acids is 1. The van der Waals surface area contributed by atoms with Gasteiger partial charge in [0.1, 0.15) is 5.97 Å². The van der Waals surface area contributed by atoms with Crippen LogP contribution in [-0.4, -0.2) is 5.97 Å². The van der Waals surface area contributed by atoms with Crippen LogP contribution in [0, 0.1) is 0 Å². The molecule has 0 unspecified atom stereocenters. The third kappa shape index (κ3) is 1.34. The number of thiophene rings is 1. The molecular formula is C6H7NO2S. The molecule has 1 aromatic rings. The number of carbonyl (C=O) groups is 1. The molecule has 3 nitrogen and oxygen atoms in total. The lowest BCUT2D eigenvalue weighted by Gasteiger charge is -2.05. The fraction of sp³-hybridized carbons (Fsp3) is 0.167. The highest BCUT2D eigenvalue weighted by Crippen LogP contribution is 2.11. The van der Waals surface area contributed by atoms with Crippen molar-refractivity contribution in [3.63, 3.8) is 0 Å². The maximum Gasteiger partial charge on any atom is 0.151 e. The number of aliphatic carboxylic acids is 1. The minimum atomic E-state index is -1.13. The molecule has 0 aliphatic rings. The molecule has 1 heterocycles. The molecule has 1 atom stereocenters. The van der Waals surface area contributed by atoms with Gasteiger partial charge >= 0.3 is 0 Å². The number of hydrogen-bond acceptors (Lipinski definition) is 3. The fourth-order valence-corrected chi connectivity index (χ4v) is 1.32. The Balaban J connectivity index is 2.77. The van der Waals surface area contributed by atoms with E-state index in [4.69, 9.17) is 0 Å². The van der Waals surface area contributed by atoms with Gasteiger partial charge < -0.3 is 15.6 Å². The SMILES string of the molecule is [NH3+][C@H](C(=O)[O-])c1ccsc1. The van der Waals surface area contributed by atoms with Crippen LogP contribution in [0.25, 0.3) is 0 Å². The Morgan fingerprint density at radius 1 is 1.80 bits per heavy atom. The quantitative estimate of drug-likeness (QED) is 0.584. The van der Waals surface area contributed by atoms with Crippen LogP contribution in [0.1, 0.15) is 11.6 Å². The molecular weight excluding hydrogens is 150 g/mol. The van der Waals surface area contributed by atoms with Crippen molar-refractivity contribution in [3.05, 3.63) is 22.4 Å². The van der Waals surface area contributed by atoms with Gasteiger partial charge in [-0.25, -0.2) is 0 Å². The van der Waals surface area contributed by atoms with E-state index in [-0.39, 0.29) is 0 Å². The minimum absolute atomic E-state index is 0.713. The molecule has 0 saturated heterocycles. The number of quaternary nitrogens is 1. The Morgan fingerprint density at radius 2 is 2.50 bits per heavy atom. The molecule has 10 heavy (non-hydrogen) atoms. The summed E-state index contributed by atoms with van der Waals surface area (Å²) < 4.78 is 0. The van der Waals surface area contributed by atoms with Crippen LogP contribution in [0.5, 0.6) is 0 Å². The molecule has 4 heteroatoms. The maximum absolute atomic E-state index is 10.2. The Labute approximate surface area is 62.1 Å². The maximum atomic E-state index is 10.2. The molecule has 0 bridgehead atoms. The normalized spacial score (nSPS) is 12.9. The lowest BCUT2D eigenvalue weighted by atomic mass is 10.2. The van der Waals surface area contributed by atoms with E-state index in [1.807, 2.05) is 5.38 Å². The van der Waals surface area contributed by atoms with Crippen molar-refractivity contribution in [2.75, 3.05) is 0 Å². The summed E-state index contributed by atoms with van der Waals surface area (Å²) in [7, 11) is 0. The Morgan fingerprint density at radius 3 is 2.90 bits per heavy atom. The average molecular weight is 157 g/mol. The number of rotatable bonds is 2. The fourth-order valence-electron chi connectivity index (χ4n) is 0.609. The van der Waals surface area contributed by atoms with Crippen LogP contribution in [0.2, 0.25) is 0 Å². The topological polar surface area (TPSA) is 67.8 Å². The first-order valence-electron chi connectivity index (χ1n) is 2.78. The van der Waals surface area contributed by atoms with E-state index in [0.29, 0.717) is 5.56 Å². The molecule has 1 rings (SSSR count). The summed E-state index contributed by atoms with van der Waals surface area (Å²) in [5.74, 6) is -1.13. The number of carboxylic acid groups (broad SMARTS) is 1. The molecule has 54 valence electrons. The average Bonchev–Trinajstić information content (AvgIpc) is 2.36. The molecule has 0 amide bonds. The summed E-state index contributed by atoms with van der Waals surface area (Å²) >= 11 is 1.45. The minimum Gasteiger partial charge on any atom is -0.544 e. The largest absolute Gasteiger partial charge is 0.544 e. The van der Waals surface area contributed by atoms with E-state index in [9.17, 15) is 9.90 Å². The summed E-state index contributed by atoms with van der Waals surface area (Å²) in [6, 6.07) is 1.00. The van der Waals surface area contributed by atoms with Gasteiger partial charge in [-0.2, -0.15) is 11.3 Å². The second-order valence-corrected chi connectivity index (χ2v) is 2.71. The molecule has 0 fully saturated rings. The van der Waals surface area contributed by atoms with E-state index in [1.54, 1.807) is 11.4 Å². The molecule has 0 radical (unpaired) electrons. The smallest absolute Gasteiger partial charge is 0.151 e. The van der Waals surface area contributed by atoms with Crippen molar-refractivity contribution in [3.8, 4) is 0 Å². The molecule has 0 aromatic carbocycles. The van der Waals surface area contributed by atoms with Crippen molar-refractivity contribution in [1.29, 1.82) is 0 Å². The van der Waals surface area contributed by atoms with Gasteiger partial charge in [-0.1, -0.05) is 0 Å². The first kappa shape index (κ1) is 7.24. The molecule has 0 saturated carbocycles. The summed E-state index contributed by atoms with van der Waals surface area (Å²) in [6.07, 6.45) is 0. The summed E-state index contributed by atoms with van der Waals surface area (Å²) in [4.78, 5) is 10.2. The Kier molecular flexibility index (Phi) is 2.03. The summed E-state index contributed by atoms with van der Waals surface area (Å²) in [5, 5.41) is 13.8. The summed E-state index contributed by atoms with van der Waals surface area (Å²) in [5.41, 5.74) is 4.14. The highest BCUT2D eigenvalue weighted by Gasteiger charge is 2.09. The zero-order chi connectivity index (χ0) is 7.56. The van der Waals surface area contributed by atoms with Gasteiger partial charge in [0, 0.05) is 10.9 Å². The van der Waals surface area contributed by atoms with Crippen molar-refractivity contribution in [2.45, 2.75) is 6.04 Å². The van der Waals surface area contributed by atoms with Crippen LogP contribution in [-0.2, 0) is 4.79 Å². The van der Waals surface area contributed by atoms with Crippen LogP contribution in [0.15, 0.2) is 16.8 Å². The third-order valence-electron chi connectivity index (χ3n) is 1.23. The first-order valence-corrected chi connectivity index (χ1v) is 3.72. The predicted octanol–water partition coefficient (Wildman–Crippen LogP) is -1.22. The van der Waals surface area contributed by atoms with E-state index in [0.717, 1.165) is 0 Å². The van der Waals surface area contributed by atoms with E-state index in [2.05, 4.69) is 5.73 Å². The van der Waals surface area contributed by atoms with E-state index < -0.39 is 12.0 Å². The molecule has 1 aromatic heterocycles. The standard InChI is InChI=1S/C6H7NO2S/c7-5(6(8)9)4-1-2-10-3-4/h1-3,5H,7H2,(H,8,9)/t5-/m0/s1. The predicted molar refractivity (Wildman–Crippen MR) is 35.0 cm³/mol. The Bertz CT molecular complexity index is 220. The van der Waals surface area contributed by atoms with Crippen LogP contribution < -0.4 is 10.8 Å². The second-order valence-electron chi connectivity index (χ2n) is 1.93. The number of carbonyl (C=O) groups excluding carboxylic acids is 1. The zero-order valence-corrected chi connectivity index (χ0v) is 6.06. The lowest BCUT2D eigenvalue weighted by molar-refractivity contribution is -0.442. The van der Waals surface area contributed by atoms with Gasteiger partial charge in [-0.05, 0) is 11.4 Å². The highest BCUT2D eigenvalue weighted by molar-refractivity contribution is 7.08. The third-order valence-corrected chi connectivity index (χ3v) is 1.93. The van der Waals surface area contributed by atoms with Gasteiger partial charge in [0.25, 0.3) is 0 Å². The summed E-state index contributed by atoms with van der Waals surface area (Å²) in [6.45, 7) is 0. The van der Waals surface area contributed by atoms with Crippen molar-refractivity contribution >= 4 is 17.3 Å². The van der Waals surface area contributed by atoms with Gasteiger partial charge in [0.15, 0.2) is 6.04 Å². The highest BCUT2D eigenvalue weighted by atomic mass is 32.1. The van der Waals surface area contributed by atoms with Crippen LogP contribution in [0.4, 0.5) is 0 Å². The van der Waals surface area contributed by atoms with Crippen molar-refractivity contribution < 1.29 is 15.6 Å². The van der Waals surface area contributed by atoms with Gasteiger partial charge in [0.2, 0.25) is 0 Å². The van der Waals surface area contributed by atoms with Crippen molar-refractivity contribution in [1.82, 2.24) is 0 Å². The molecule has 0 aliphatic carbocycles. The molecule has 0 spiro atoms. The molecule has 0 aliphatic heterocycles. The van der Waals surface area contributed by atoms with Crippen LogP contribution in [0.3, 0.4) is 0 Å². The van der Waals surface area contributed by atoms with Crippen molar-refractivity contribution in [2.24, 2.45) is 0 Å². The van der Waals surface area contributed by atoms with E-state index >= 15 is 0 Å². The first-order chi connectivity index (χ1) is 4.72. The molecule has 3 N–H and O–H groups in total. The van der Waals surface area contributed by atoms with Gasteiger partial charge in [-0.15, -0.1) is 0 Å². The Hall–Kier alpha value is -0.870. The lowest BCUT2D eigenvalue weighted by Crippen LogP contribution is -2.60.